The highest BCUT2D eigenvalue weighted by molar-refractivity contribution is 14.1. The van der Waals surface area contributed by atoms with Crippen molar-refractivity contribution < 1.29 is 4.79 Å². The lowest BCUT2D eigenvalue weighted by molar-refractivity contribution is -0.125. The molecule has 0 bridgehead atoms. The molecule has 1 unspecified atom stereocenters. The summed E-state index contributed by atoms with van der Waals surface area (Å²) in [6.07, 6.45) is 1.85. The molecule has 1 amide bonds. The SMILES string of the molecule is O=C(NCc1ccc(I)cc1)C1CCCN(c2ccc(-c3ccc(Cl)cc3)nn2)C1. The molecule has 2 aromatic carbocycles. The van der Waals surface area contributed by atoms with Crippen molar-refractivity contribution in [3.63, 3.8) is 0 Å². The topological polar surface area (TPSA) is 58.1 Å². The van der Waals surface area contributed by atoms with Crippen LogP contribution in [0.15, 0.2) is 60.7 Å². The van der Waals surface area contributed by atoms with E-state index in [9.17, 15) is 4.79 Å². The first-order valence-electron chi connectivity index (χ1n) is 9.95. The van der Waals surface area contributed by atoms with E-state index < -0.39 is 0 Å². The van der Waals surface area contributed by atoms with E-state index in [1.165, 1.54) is 3.57 Å². The summed E-state index contributed by atoms with van der Waals surface area (Å²) in [6.45, 7) is 2.10. The second kappa shape index (κ2) is 9.75. The van der Waals surface area contributed by atoms with Gasteiger partial charge in [-0.1, -0.05) is 35.9 Å². The van der Waals surface area contributed by atoms with Gasteiger partial charge in [0.25, 0.3) is 0 Å². The Morgan fingerprint density at radius 1 is 1.07 bits per heavy atom. The lowest BCUT2D eigenvalue weighted by Gasteiger charge is -2.32. The third-order valence-corrected chi connectivity index (χ3v) is 6.26. The molecule has 5 nitrogen and oxygen atoms in total. The van der Waals surface area contributed by atoms with Crippen molar-refractivity contribution in [1.82, 2.24) is 15.5 Å². The van der Waals surface area contributed by atoms with Crippen LogP contribution in [0.4, 0.5) is 5.82 Å². The number of amides is 1. The van der Waals surface area contributed by atoms with E-state index in [-0.39, 0.29) is 11.8 Å². The van der Waals surface area contributed by atoms with Crippen molar-refractivity contribution in [3.8, 4) is 11.3 Å². The summed E-state index contributed by atoms with van der Waals surface area (Å²) in [5.41, 5.74) is 2.89. The van der Waals surface area contributed by atoms with Gasteiger partial charge < -0.3 is 10.2 Å². The van der Waals surface area contributed by atoms with Crippen molar-refractivity contribution in [2.75, 3.05) is 18.0 Å². The number of halogens is 2. The van der Waals surface area contributed by atoms with Crippen molar-refractivity contribution in [3.05, 3.63) is 74.8 Å². The maximum absolute atomic E-state index is 12.7. The maximum atomic E-state index is 12.7. The van der Waals surface area contributed by atoms with Gasteiger partial charge in [0, 0.05) is 33.8 Å². The normalized spacial score (nSPS) is 16.3. The first-order valence-corrected chi connectivity index (χ1v) is 11.4. The zero-order chi connectivity index (χ0) is 20.9. The summed E-state index contributed by atoms with van der Waals surface area (Å²) in [7, 11) is 0. The van der Waals surface area contributed by atoms with E-state index in [4.69, 9.17) is 11.6 Å². The quantitative estimate of drug-likeness (QED) is 0.473. The molecule has 1 aromatic heterocycles. The summed E-state index contributed by atoms with van der Waals surface area (Å²) in [5.74, 6) is 0.868. The second-order valence-electron chi connectivity index (χ2n) is 7.41. The number of hydrogen-bond donors (Lipinski definition) is 1. The zero-order valence-electron chi connectivity index (χ0n) is 16.4. The fraction of sp³-hybridized carbons (Fsp3) is 0.261. The van der Waals surface area contributed by atoms with Crippen molar-refractivity contribution >= 4 is 45.9 Å². The van der Waals surface area contributed by atoms with Crippen LogP contribution < -0.4 is 10.2 Å². The number of rotatable bonds is 5. The first-order chi connectivity index (χ1) is 14.6. The van der Waals surface area contributed by atoms with E-state index in [1.807, 2.05) is 48.5 Å². The average molecular weight is 533 g/mol. The molecule has 1 N–H and O–H groups in total. The number of carbonyl (C=O) groups is 1. The number of nitrogens with zero attached hydrogens (tertiary/aromatic N) is 3. The molecule has 7 heteroatoms. The van der Waals surface area contributed by atoms with Crippen LogP contribution in [0.25, 0.3) is 11.3 Å². The number of carbonyl (C=O) groups excluding carboxylic acids is 1. The summed E-state index contributed by atoms with van der Waals surface area (Å²) < 4.78 is 1.19. The van der Waals surface area contributed by atoms with Crippen molar-refractivity contribution in [2.24, 2.45) is 5.92 Å². The van der Waals surface area contributed by atoms with Gasteiger partial charge in [-0.05, 0) is 77.4 Å². The summed E-state index contributed by atoms with van der Waals surface area (Å²) in [5, 5.41) is 12.6. The van der Waals surface area contributed by atoms with Gasteiger partial charge in [0.2, 0.25) is 5.91 Å². The minimum absolute atomic E-state index is 0.0414. The van der Waals surface area contributed by atoms with E-state index in [1.54, 1.807) is 0 Å². The van der Waals surface area contributed by atoms with Gasteiger partial charge in [-0.3, -0.25) is 4.79 Å². The highest BCUT2D eigenvalue weighted by atomic mass is 127. The predicted octanol–water partition coefficient (Wildman–Crippen LogP) is 4.93. The molecule has 1 aliphatic rings. The molecule has 0 saturated carbocycles. The van der Waals surface area contributed by atoms with Crippen LogP contribution in [0.3, 0.4) is 0 Å². The molecule has 1 saturated heterocycles. The number of piperidine rings is 1. The van der Waals surface area contributed by atoms with Gasteiger partial charge in [0.05, 0.1) is 11.6 Å². The second-order valence-corrected chi connectivity index (χ2v) is 9.10. The Hall–Kier alpha value is -2.19. The van der Waals surface area contributed by atoms with Gasteiger partial charge in [-0.25, -0.2) is 0 Å². The number of hydrogen-bond acceptors (Lipinski definition) is 4. The average Bonchev–Trinajstić information content (AvgIpc) is 2.79. The highest BCUT2D eigenvalue weighted by Crippen LogP contribution is 2.24. The molecule has 1 fully saturated rings. The molecular weight excluding hydrogens is 511 g/mol. The van der Waals surface area contributed by atoms with Crippen LogP contribution in [0, 0.1) is 9.49 Å². The molecule has 4 rings (SSSR count). The molecule has 0 aliphatic carbocycles. The fourth-order valence-electron chi connectivity index (χ4n) is 3.60. The Morgan fingerprint density at radius 2 is 1.83 bits per heavy atom. The number of nitrogens with one attached hydrogen (secondary N) is 1. The van der Waals surface area contributed by atoms with Crippen LogP contribution in [0.1, 0.15) is 18.4 Å². The van der Waals surface area contributed by atoms with Crippen LogP contribution in [-0.4, -0.2) is 29.2 Å². The van der Waals surface area contributed by atoms with E-state index in [0.717, 1.165) is 42.0 Å². The molecule has 3 aromatic rings. The standard InChI is InChI=1S/C23H22ClIN4O/c24-19-7-5-17(6-8-19)21-11-12-22(28-27-21)29-13-1-2-18(15-29)23(30)26-14-16-3-9-20(25)10-4-16/h3-12,18H,1-2,13-15H2,(H,26,30). The summed E-state index contributed by atoms with van der Waals surface area (Å²) >= 11 is 8.23. The largest absolute Gasteiger partial charge is 0.354 e. The van der Waals surface area contributed by atoms with Gasteiger partial charge in [-0.2, -0.15) is 0 Å². The minimum Gasteiger partial charge on any atom is -0.354 e. The molecule has 2 heterocycles. The summed E-state index contributed by atoms with van der Waals surface area (Å²) in [6, 6.07) is 19.7. The molecular formula is C23H22ClIN4O. The van der Waals surface area contributed by atoms with Crippen LogP contribution >= 0.6 is 34.2 Å². The minimum atomic E-state index is -0.0414. The zero-order valence-corrected chi connectivity index (χ0v) is 19.3. The lowest BCUT2D eigenvalue weighted by atomic mass is 9.97. The maximum Gasteiger partial charge on any atom is 0.225 e. The lowest BCUT2D eigenvalue weighted by Crippen LogP contribution is -2.43. The molecule has 0 radical (unpaired) electrons. The molecule has 0 spiro atoms. The Bertz CT molecular complexity index is 993. The smallest absolute Gasteiger partial charge is 0.225 e. The van der Waals surface area contributed by atoms with Crippen LogP contribution in [-0.2, 0) is 11.3 Å². The van der Waals surface area contributed by atoms with E-state index >= 15 is 0 Å². The van der Waals surface area contributed by atoms with Gasteiger partial charge in [0.1, 0.15) is 0 Å². The third kappa shape index (κ3) is 5.29. The van der Waals surface area contributed by atoms with Gasteiger partial charge in [0.15, 0.2) is 5.82 Å². The number of benzene rings is 2. The van der Waals surface area contributed by atoms with Gasteiger partial charge in [-0.15, -0.1) is 10.2 Å². The van der Waals surface area contributed by atoms with Crippen LogP contribution in [0.5, 0.6) is 0 Å². The Kier molecular flexibility index (Phi) is 6.84. The third-order valence-electron chi connectivity index (χ3n) is 5.29. The van der Waals surface area contributed by atoms with Gasteiger partial charge >= 0.3 is 0 Å². The Morgan fingerprint density at radius 3 is 2.53 bits per heavy atom. The Labute approximate surface area is 195 Å². The first kappa shape index (κ1) is 21.1. The highest BCUT2D eigenvalue weighted by Gasteiger charge is 2.26. The predicted molar refractivity (Wildman–Crippen MR) is 128 cm³/mol. The number of anilines is 1. The monoisotopic (exact) mass is 532 g/mol. The van der Waals surface area contributed by atoms with Crippen molar-refractivity contribution in [2.45, 2.75) is 19.4 Å². The molecule has 1 atom stereocenters. The van der Waals surface area contributed by atoms with Crippen LogP contribution in [0.2, 0.25) is 5.02 Å². The van der Waals surface area contributed by atoms with Crippen molar-refractivity contribution in [1.29, 1.82) is 0 Å². The fourth-order valence-corrected chi connectivity index (χ4v) is 4.09. The van der Waals surface area contributed by atoms with E-state index in [2.05, 4.69) is 55.1 Å². The Balaban J connectivity index is 1.36. The molecule has 1 aliphatic heterocycles. The molecule has 154 valence electrons. The van der Waals surface area contributed by atoms with E-state index in [0.29, 0.717) is 18.1 Å². The summed E-state index contributed by atoms with van der Waals surface area (Å²) in [4.78, 5) is 14.8. The number of aromatic nitrogens is 2. The molecule has 30 heavy (non-hydrogen) atoms.